The molecule has 5 aromatic rings. The number of amides is 2. The Morgan fingerprint density at radius 3 is 2.30 bits per heavy atom. The highest BCUT2D eigenvalue weighted by Gasteiger charge is 2.31. The van der Waals surface area contributed by atoms with Gasteiger partial charge in [-0.3, -0.25) is 24.4 Å². The van der Waals surface area contributed by atoms with E-state index in [-0.39, 0.29) is 23.5 Å². The van der Waals surface area contributed by atoms with Crippen LogP contribution in [0.5, 0.6) is 0 Å². The maximum Gasteiger partial charge on any atom is 0.416 e. The van der Waals surface area contributed by atoms with E-state index in [0.717, 1.165) is 55.9 Å². The Kier molecular flexibility index (Phi) is 11.5. The third-order valence-electron chi connectivity index (χ3n) is 9.51. The molecule has 2 amide bonds. The number of carbonyl (C=O) groups excluding carboxylic acids is 3. The molecule has 1 atom stereocenters. The number of alkyl halides is 3. The Hall–Kier alpha value is -5.88. The summed E-state index contributed by atoms with van der Waals surface area (Å²) in [6, 6.07) is 25.5. The van der Waals surface area contributed by atoms with Crippen LogP contribution in [0.3, 0.4) is 0 Å². The highest BCUT2D eigenvalue weighted by Crippen LogP contribution is 2.34. The molecule has 1 unspecified atom stereocenters. The van der Waals surface area contributed by atoms with E-state index in [1.54, 1.807) is 43.5 Å². The molecule has 0 bridgehead atoms. The third-order valence-corrected chi connectivity index (χ3v) is 9.51. The van der Waals surface area contributed by atoms with Gasteiger partial charge < -0.3 is 21.3 Å². The number of Topliss-reactive ketones (excluding diaryl/α,β-unsaturated/α-hetero) is 1. The zero-order chi connectivity index (χ0) is 38.3. The van der Waals surface area contributed by atoms with Crippen molar-refractivity contribution in [1.82, 2.24) is 15.3 Å². The van der Waals surface area contributed by atoms with Crippen LogP contribution in [-0.4, -0.2) is 46.2 Å². The molecule has 0 spiro atoms. The van der Waals surface area contributed by atoms with E-state index in [4.69, 9.17) is 5.73 Å². The molecular formula is C42H41F3N6O3. The van der Waals surface area contributed by atoms with E-state index in [2.05, 4.69) is 25.5 Å². The van der Waals surface area contributed by atoms with Crippen molar-refractivity contribution < 1.29 is 27.6 Å². The molecule has 6 rings (SSSR count). The van der Waals surface area contributed by atoms with Crippen molar-refractivity contribution in [3.8, 4) is 11.3 Å². The van der Waals surface area contributed by atoms with Crippen molar-refractivity contribution in [3.05, 3.63) is 143 Å². The Morgan fingerprint density at radius 1 is 0.778 bits per heavy atom. The lowest BCUT2D eigenvalue weighted by molar-refractivity contribution is -0.137. The standard InChI is InChI=1S/C42H41F3N6O3/c1-41(46,18-16-33-13-3-4-19-47-33)38(52)29-10-8-11-30(24-29)40(54)50-36-15-14-34(51-21-5-2-6-22-51)26-35(36)37-25-31(17-20-48-37)39(53)49-27-28-9-7-12-32(23-28)42(43,44)45/h3-4,7-15,17,19-20,23-26H,2,5-6,16,18,21-22,27,46H2,1H3,(H,49,53)(H,50,54). The van der Waals surface area contributed by atoms with Gasteiger partial charge in [0.15, 0.2) is 5.78 Å². The fraction of sp³-hybridized carbons (Fsp3) is 0.262. The van der Waals surface area contributed by atoms with E-state index >= 15 is 0 Å². The van der Waals surface area contributed by atoms with Crippen LogP contribution in [0.15, 0.2) is 109 Å². The van der Waals surface area contributed by atoms with Gasteiger partial charge in [0.05, 0.1) is 22.5 Å². The molecular weight excluding hydrogens is 693 g/mol. The van der Waals surface area contributed by atoms with Crippen molar-refractivity contribution >= 4 is 29.0 Å². The normalized spacial score (nSPS) is 14.2. The lowest BCUT2D eigenvalue weighted by Crippen LogP contribution is -2.45. The number of pyridine rings is 2. The fourth-order valence-electron chi connectivity index (χ4n) is 6.44. The molecule has 1 saturated heterocycles. The summed E-state index contributed by atoms with van der Waals surface area (Å²) in [5.74, 6) is -1.26. The summed E-state index contributed by atoms with van der Waals surface area (Å²) in [6.45, 7) is 3.31. The molecule has 12 heteroatoms. The Morgan fingerprint density at radius 2 is 1.54 bits per heavy atom. The maximum atomic E-state index is 13.8. The zero-order valence-corrected chi connectivity index (χ0v) is 29.8. The molecule has 278 valence electrons. The molecule has 3 heterocycles. The molecule has 0 radical (unpaired) electrons. The molecule has 1 aliphatic rings. The molecule has 0 saturated carbocycles. The van der Waals surface area contributed by atoms with Crippen LogP contribution in [0.25, 0.3) is 11.3 Å². The lowest BCUT2D eigenvalue weighted by Gasteiger charge is -2.29. The van der Waals surface area contributed by atoms with E-state index in [1.165, 1.54) is 30.5 Å². The number of nitrogens with one attached hydrogen (secondary N) is 2. The summed E-state index contributed by atoms with van der Waals surface area (Å²) in [5.41, 5.74) is 8.78. The number of halogens is 3. The molecule has 1 fully saturated rings. The number of nitrogens with zero attached hydrogens (tertiary/aromatic N) is 3. The van der Waals surface area contributed by atoms with Crippen LogP contribution in [0.2, 0.25) is 0 Å². The largest absolute Gasteiger partial charge is 0.416 e. The highest BCUT2D eigenvalue weighted by molar-refractivity contribution is 6.09. The number of aryl methyl sites for hydroxylation is 1. The predicted octanol–water partition coefficient (Wildman–Crippen LogP) is 7.87. The summed E-state index contributed by atoms with van der Waals surface area (Å²) >= 11 is 0. The smallest absolute Gasteiger partial charge is 0.372 e. The van der Waals surface area contributed by atoms with Crippen molar-refractivity contribution in [2.75, 3.05) is 23.3 Å². The first-order valence-corrected chi connectivity index (χ1v) is 17.8. The average Bonchev–Trinajstić information content (AvgIpc) is 3.19. The number of rotatable bonds is 12. The van der Waals surface area contributed by atoms with Crippen LogP contribution >= 0.6 is 0 Å². The summed E-state index contributed by atoms with van der Waals surface area (Å²) in [4.78, 5) is 51.7. The number of ketones is 1. The molecule has 2 aromatic heterocycles. The van der Waals surface area contributed by atoms with Gasteiger partial charge in [-0.05, 0) is 111 Å². The zero-order valence-electron chi connectivity index (χ0n) is 29.8. The summed E-state index contributed by atoms with van der Waals surface area (Å²) < 4.78 is 39.7. The van der Waals surface area contributed by atoms with Gasteiger partial charge in [-0.1, -0.05) is 30.3 Å². The predicted molar refractivity (Wildman–Crippen MR) is 202 cm³/mol. The van der Waals surface area contributed by atoms with Gasteiger partial charge >= 0.3 is 6.18 Å². The third kappa shape index (κ3) is 9.37. The first-order valence-electron chi connectivity index (χ1n) is 17.8. The number of anilines is 2. The minimum atomic E-state index is -4.50. The Labute approximate surface area is 311 Å². The van der Waals surface area contributed by atoms with Crippen LogP contribution in [-0.2, 0) is 19.1 Å². The van der Waals surface area contributed by atoms with Crippen LogP contribution in [0.4, 0.5) is 24.5 Å². The number of aromatic nitrogens is 2. The van der Waals surface area contributed by atoms with Crippen molar-refractivity contribution in [2.24, 2.45) is 5.73 Å². The number of nitrogens with two attached hydrogens (primary N) is 1. The molecule has 0 aliphatic carbocycles. The van der Waals surface area contributed by atoms with E-state index in [0.29, 0.717) is 40.9 Å². The molecule has 3 aromatic carbocycles. The van der Waals surface area contributed by atoms with E-state index in [9.17, 15) is 27.6 Å². The number of hydrogen-bond acceptors (Lipinski definition) is 7. The number of hydrogen-bond donors (Lipinski definition) is 3. The monoisotopic (exact) mass is 734 g/mol. The van der Waals surface area contributed by atoms with Gasteiger partial charge in [0.1, 0.15) is 0 Å². The van der Waals surface area contributed by atoms with E-state index < -0.39 is 29.1 Å². The summed E-state index contributed by atoms with van der Waals surface area (Å²) in [5, 5.41) is 5.67. The number of piperidine rings is 1. The summed E-state index contributed by atoms with van der Waals surface area (Å²) in [6.07, 6.45) is 2.79. The van der Waals surface area contributed by atoms with Gasteiger partial charge in [-0.15, -0.1) is 0 Å². The highest BCUT2D eigenvalue weighted by atomic mass is 19.4. The van der Waals surface area contributed by atoms with E-state index in [1.807, 2.05) is 30.3 Å². The average molecular weight is 735 g/mol. The second-order valence-electron chi connectivity index (χ2n) is 13.7. The number of benzene rings is 3. The van der Waals surface area contributed by atoms with Crippen LogP contribution in [0.1, 0.15) is 80.5 Å². The van der Waals surface area contributed by atoms with Gasteiger partial charge in [0, 0.05) is 65.7 Å². The van der Waals surface area contributed by atoms with Crippen LogP contribution in [0, 0.1) is 0 Å². The minimum absolute atomic E-state index is 0.110. The van der Waals surface area contributed by atoms with Gasteiger partial charge in [-0.2, -0.15) is 13.2 Å². The SMILES string of the molecule is CC(N)(CCc1ccccn1)C(=O)c1cccc(C(=O)Nc2ccc(N3CCCCC3)cc2-c2cc(C(=O)NCc3cccc(C(F)(F)F)c3)ccn2)c1. The maximum absolute atomic E-state index is 13.8. The minimum Gasteiger partial charge on any atom is -0.372 e. The second-order valence-corrected chi connectivity index (χ2v) is 13.7. The summed E-state index contributed by atoms with van der Waals surface area (Å²) in [7, 11) is 0. The van der Waals surface area contributed by atoms with Crippen molar-refractivity contribution in [2.45, 2.75) is 57.3 Å². The van der Waals surface area contributed by atoms with Crippen LogP contribution < -0.4 is 21.3 Å². The molecule has 1 aliphatic heterocycles. The molecule has 9 nitrogen and oxygen atoms in total. The van der Waals surface area contributed by atoms with Crippen molar-refractivity contribution in [3.63, 3.8) is 0 Å². The molecule has 54 heavy (non-hydrogen) atoms. The Bertz CT molecular complexity index is 2130. The molecule has 4 N–H and O–H groups in total. The van der Waals surface area contributed by atoms with Gasteiger partial charge in [-0.25, -0.2) is 0 Å². The topological polar surface area (TPSA) is 130 Å². The first kappa shape index (κ1) is 37.9. The Balaban J connectivity index is 1.23. The number of carbonyl (C=O) groups is 3. The van der Waals surface area contributed by atoms with Gasteiger partial charge in [0.2, 0.25) is 0 Å². The quantitative estimate of drug-likeness (QED) is 0.111. The fourth-order valence-corrected chi connectivity index (χ4v) is 6.44. The second kappa shape index (κ2) is 16.4. The van der Waals surface area contributed by atoms with Gasteiger partial charge in [0.25, 0.3) is 11.8 Å². The van der Waals surface area contributed by atoms with Crippen molar-refractivity contribution in [1.29, 1.82) is 0 Å². The first-order chi connectivity index (χ1) is 25.9. The lowest BCUT2D eigenvalue weighted by atomic mass is 9.86.